The standard InChI is InChI=1S/C85H153N15O23/c1-27-48-86-62(101)56(94-66(105)60(95-67(106)61(99-75(114)122-83(20,21)22)45-32-38-53-92-71(110)118-79(8,9)10)44-29-35-50-88-64(103)58(97-73(112)120-81(14,15)16)42-30-36-51-90-69(108)116-77(2,3)4)41-28-34-49-87-63(102)57(96-68(107)85(26,100-76(115)123-84(23,24)25)47-33-39-54-93-72(111)119-80(11,12)13)46-40-55-89-65(104)59(98-74(113)121-82(17,18)19)43-31-37-52-91-70(109)117-78(5,6)7/h1,56-61H,28-55H2,2-26H3,(H,86,101)(H,87,102)(H,88,103)(H,89,104)(H,90,108)(H,91,109)(H,92,110)(H,93,111)(H,94,105)(H,95,106)(H,96,107)(H,97,112)(H,98,113)(H,99,114)(H,100,115)/t56-,57-,58-,59-,60-,61-,85-/m0/s1. The number of carbonyl (C=O) groups excluding carboxylic acids is 15. The Morgan fingerprint density at radius 3 is 0.732 bits per heavy atom. The normalized spacial score (nSPS) is 13.9. The number of amides is 15. The minimum Gasteiger partial charge on any atom is -0.444 e. The Hall–Kier alpha value is -9.99. The van der Waals surface area contributed by atoms with Gasteiger partial charge in [-0.3, -0.25) is 33.6 Å². The summed E-state index contributed by atoms with van der Waals surface area (Å²) in [6.07, 6.45) is 2.73. The van der Waals surface area contributed by atoms with E-state index >= 15 is 0 Å². The Morgan fingerprint density at radius 2 is 0.447 bits per heavy atom. The molecule has 0 unspecified atom stereocenters. The van der Waals surface area contributed by atoms with Crippen LogP contribution in [0.1, 0.15) is 302 Å². The first-order valence-electron chi connectivity index (χ1n) is 42.8. The fourth-order valence-electron chi connectivity index (χ4n) is 11.1. The molecule has 0 saturated heterocycles. The summed E-state index contributed by atoms with van der Waals surface area (Å²) in [6, 6.07) is -7.62. The van der Waals surface area contributed by atoms with Gasteiger partial charge in [0.1, 0.15) is 86.6 Å². The monoisotopic (exact) mass is 1750 g/mol. The number of unbranched alkanes of at least 4 members (excludes halogenated alkanes) is 6. The van der Waals surface area contributed by atoms with Crippen molar-refractivity contribution < 1.29 is 110 Å². The third-order valence-corrected chi connectivity index (χ3v) is 16.5. The molecule has 0 aliphatic heterocycles. The molecule has 0 aliphatic rings. The summed E-state index contributed by atoms with van der Waals surface area (Å²) in [6.45, 7) is 42.1. The van der Waals surface area contributed by atoms with Crippen LogP contribution < -0.4 is 79.8 Å². The second-order valence-electron chi connectivity index (χ2n) is 38.3. The smallest absolute Gasteiger partial charge is 0.408 e. The Kier molecular flexibility index (Phi) is 50.2. The molecular formula is C85H153N15O23. The van der Waals surface area contributed by atoms with Crippen LogP contribution in [0, 0.1) is 12.3 Å². The van der Waals surface area contributed by atoms with Crippen molar-refractivity contribution in [2.24, 2.45) is 0 Å². The summed E-state index contributed by atoms with van der Waals surface area (Å²) in [5, 5.41) is 40.6. The number of hydrogen-bond donors (Lipinski definition) is 15. The Balaban J connectivity index is 7.49. The SMILES string of the molecule is C#CCNC(=O)[C@H](CCCCNC(=O)[C@H](CCCNC(=O)[C@H](CCCCNC(=O)OC(C)(C)C)NC(=O)OC(C)(C)C)NC(=O)[C@](C)(CCCCNC(=O)OC(C)(C)C)NC(=O)OC(C)(C)C)NC(=O)[C@H](CCCCNC(=O)[C@H](CCCCNC(=O)OC(C)(C)C)NC(=O)OC(C)(C)C)NC(=O)[C@H](CCCCNC(=O)OC(C)(C)C)NC(=O)OC(C)(C)C. The summed E-state index contributed by atoms with van der Waals surface area (Å²) >= 11 is 0. The lowest BCUT2D eigenvalue weighted by Crippen LogP contribution is -2.61. The third-order valence-electron chi connectivity index (χ3n) is 16.5. The van der Waals surface area contributed by atoms with E-state index in [0.717, 1.165) is 0 Å². The first-order valence-corrected chi connectivity index (χ1v) is 42.8. The maximum atomic E-state index is 14.9. The molecule has 38 heteroatoms. The molecule has 0 aromatic heterocycles. The first kappa shape index (κ1) is 113. The van der Waals surface area contributed by atoms with Gasteiger partial charge in [-0.15, -0.1) is 6.42 Å². The number of alkyl carbamates (subject to hydrolysis) is 8. The molecule has 123 heavy (non-hydrogen) atoms. The van der Waals surface area contributed by atoms with Gasteiger partial charge in [-0.05, 0) is 302 Å². The van der Waals surface area contributed by atoms with E-state index in [2.05, 4.69) is 85.7 Å². The number of ether oxygens (including phenoxy) is 8. The van der Waals surface area contributed by atoms with Crippen LogP contribution in [0.25, 0.3) is 0 Å². The molecule has 15 amide bonds. The minimum atomic E-state index is -1.74. The van der Waals surface area contributed by atoms with E-state index in [0.29, 0.717) is 38.5 Å². The number of rotatable bonds is 49. The predicted octanol–water partition coefficient (Wildman–Crippen LogP) is 9.40. The van der Waals surface area contributed by atoms with E-state index in [1.807, 2.05) is 0 Å². The highest BCUT2D eigenvalue weighted by Crippen LogP contribution is 2.21. The molecule has 0 rings (SSSR count). The van der Waals surface area contributed by atoms with E-state index in [1.54, 1.807) is 166 Å². The van der Waals surface area contributed by atoms with E-state index in [4.69, 9.17) is 44.3 Å². The van der Waals surface area contributed by atoms with E-state index in [-0.39, 0.29) is 142 Å². The number of terminal acetylenes is 1. The van der Waals surface area contributed by atoms with Crippen molar-refractivity contribution in [1.82, 2.24) is 79.8 Å². The second-order valence-corrected chi connectivity index (χ2v) is 38.3. The lowest BCUT2D eigenvalue weighted by Gasteiger charge is -2.32. The van der Waals surface area contributed by atoms with Gasteiger partial charge >= 0.3 is 48.7 Å². The van der Waals surface area contributed by atoms with E-state index in [1.165, 1.54) is 6.92 Å². The van der Waals surface area contributed by atoms with E-state index in [9.17, 15) is 71.9 Å². The lowest BCUT2D eigenvalue weighted by atomic mass is 9.92. The summed E-state index contributed by atoms with van der Waals surface area (Å²) in [5.41, 5.74) is -8.56. The quantitative estimate of drug-likeness (QED) is 0.0153. The van der Waals surface area contributed by atoms with Crippen LogP contribution >= 0.6 is 0 Å². The third kappa shape index (κ3) is 61.1. The molecule has 7 atom stereocenters. The highest BCUT2D eigenvalue weighted by Gasteiger charge is 2.39. The van der Waals surface area contributed by atoms with Crippen LogP contribution in [0.2, 0.25) is 0 Å². The molecule has 0 aliphatic carbocycles. The molecule has 38 nitrogen and oxygen atoms in total. The molecule has 0 heterocycles. The molecule has 15 N–H and O–H groups in total. The Bertz CT molecular complexity index is 3410. The van der Waals surface area contributed by atoms with Crippen molar-refractivity contribution in [2.75, 3.05) is 52.4 Å². The first-order chi connectivity index (χ1) is 56.5. The zero-order chi connectivity index (χ0) is 94.4. The van der Waals surface area contributed by atoms with Gasteiger partial charge in [0.05, 0.1) is 6.54 Å². The molecular weight excluding hydrogens is 1600 g/mol. The van der Waals surface area contributed by atoms with E-state index < -0.39 is 177 Å². The van der Waals surface area contributed by atoms with Crippen molar-refractivity contribution in [3.8, 4) is 12.3 Å². The van der Waals surface area contributed by atoms with Crippen molar-refractivity contribution in [3.63, 3.8) is 0 Å². The summed E-state index contributed by atoms with van der Waals surface area (Å²) < 4.78 is 43.3. The molecule has 0 spiro atoms. The second kappa shape index (κ2) is 54.6. The lowest BCUT2D eigenvalue weighted by molar-refractivity contribution is -0.133. The molecule has 0 fully saturated rings. The van der Waals surface area contributed by atoms with Gasteiger partial charge in [0.2, 0.25) is 41.4 Å². The van der Waals surface area contributed by atoms with Crippen molar-refractivity contribution in [1.29, 1.82) is 0 Å². The maximum Gasteiger partial charge on any atom is 0.408 e. The van der Waals surface area contributed by atoms with Gasteiger partial charge in [0, 0.05) is 45.8 Å². The van der Waals surface area contributed by atoms with Crippen LogP contribution in [0.15, 0.2) is 0 Å². The van der Waals surface area contributed by atoms with Gasteiger partial charge in [-0.1, -0.05) is 5.92 Å². The summed E-state index contributed by atoms with van der Waals surface area (Å²) in [5.74, 6) is -2.71. The van der Waals surface area contributed by atoms with Crippen LogP contribution in [-0.4, -0.2) is 229 Å². The maximum absolute atomic E-state index is 14.9. The average molecular weight is 1750 g/mol. The predicted molar refractivity (Wildman–Crippen MR) is 463 cm³/mol. The Labute approximate surface area is 729 Å². The van der Waals surface area contributed by atoms with Gasteiger partial charge < -0.3 is 118 Å². The molecule has 0 bridgehead atoms. The van der Waals surface area contributed by atoms with Crippen molar-refractivity contribution in [3.05, 3.63) is 0 Å². The largest absolute Gasteiger partial charge is 0.444 e. The fraction of sp³-hybridized carbons (Fsp3) is 0.800. The van der Waals surface area contributed by atoms with Crippen LogP contribution in [-0.2, 0) is 71.5 Å². The fourth-order valence-corrected chi connectivity index (χ4v) is 11.1. The van der Waals surface area contributed by atoms with Gasteiger partial charge in [0.15, 0.2) is 0 Å². The molecule has 0 radical (unpaired) electrons. The zero-order valence-corrected chi connectivity index (χ0v) is 78.2. The molecule has 706 valence electrons. The molecule has 0 saturated carbocycles. The Morgan fingerprint density at radius 1 is 0.236 bits per heavy atom. The number of nitrogens with one attached hydrogen (secondary N) is 15. The van der Waals surface area contributed by atoms with Crippen molar-refractivity contribution >= 4 is 90.1 Å². The molecule has 0 aromatic rings. The summed E-state index contributed by atoms with van der Waals surface area (Å²) in [4.78, 5) is 203. The number of hydrogen-bond acceptors (Lipinski definition) is 23. The van der Waals surface area contributed by atoms with Crippen molar-refractivity contribution in [2.45, 2.75) is 388 Å². The van der Waals surface area contributed by atoms with Crippen LogP contribution in [0.5, 0.6) is 0 Å². The van der Waals surface area contributed by atoms with Gasteiger partial charge in [-0.2, -0.15) is 0 Å². The minimum absolute atomic E-state index is 0.00787. The average Bonchev–Trinajstić information content (AvgIpc) is 0.831. The molecule has 0 aromatic carbocycles. The summed E-state index contributed by atoms with van der Waals surface area (Å²) in [7, 11) is 0. The van der Waals surface area contributed by atoms with Crippen LogP contribution in [0.3, 0.4) is 0 Å². The topological polar surface area (TPSA) is 510 Å². The highest BCUT2D eigenvalue weighted by molar-refractivity contribution is 5.95. The van der Waals surface area contributed by atoms with Gasteiger partial charge in [-0.25, -0.2) is 38.4 Å². The van der Waals surface area contributed by atoms with Gasteiger partial charge in [0.25, 0.3) is 0 Å². The highest BCUT2D eigenvalue weighted by atomic mass is 16.6. The number of carbonyl (C=O) groups is 15. The van der Waals surface area contributed by atoms with Crippen LogP contribution in [0.4, 0.5) is 38.4 Å². The zero-order valence-electron chi connectivity index (χ0n) is 78.2.